The van der Waals surface area contributed by atoms with Gasteiger partial charge >= 0.3 is 0 Å². The van der Waals surface area contributed by atoms with Crippen LogP contribution in [0.1, 0.15) is 49.4 Å². The van der Waals surface area contributed by atoms with Gasteiger partial charge < -0.3 is 5.32 Å². The molecule has 1 unspecified atom stereocenters. The number of benzene rings is 2. The summed E-state index contributed by atoms with van der Waals surface area (Å²) >= 11 is 1.16. The summed E-state index contributed by atoms with van der Waals surface area (Å²) in [5.74, 6) is 0.393. The second-order valence-corrected chi connectivity index (χ2v) is 10.4. The van der Waals surface area contributed by atoms with Gasteiger partial charge in [0.05, 0.1) is 12.5 Å². The highest BCUT2D eigenvalue weighted by atomic mass is 32.2. The standard InChI is InChI=1S/C23H26N2O3S2/c1-16(2)19-8-10-20(11-9-19)17(3)24-22(26)15-18-6-12-21(13-7-18)25-30(27,28)23-5-4-14-29-23/h4-14,16-17,25H,15H2,1-3H3,(H,24,26). The van der Waals surface area contributed by atoms with Gasteiger partial charge in [0.25, 0.3) is 10.0 Å². The Bertz CT molecular complexity index is 1070. The molecule has 0 fully saturated rings. The smallest absolute Gasteiger partial charge is 0.271 e. The number of carbonyl (C=O) groups is 1. The molecule has 1 heterocycles. The van der Waals surface area contributed by atoms with Crippen LogP contribution >= 0.6 is 11.3 Å². The Hall–Kier alpha value is -2.64. The quantitative estimate of drug-likeness (QED) is 0.510. The van der Waals surface area contributed by atoms with Crippen LogP contribution in [0.2, 0.25) is 0 Å². The highest BCUT2D eigenvalue weighted by Crippen LogP contribution is 2.21. The van der Waals surface area contributed by atoms with Crippen LogP contribution in [0, 0.1) is 0 Å². The molecule has 0 aliphatic rings. The van der Waals surface area contributed by atoms with Crippen LogP contribution in [0.25, 0.3) is 0 Å². The molecule has 7 heteroatoms. The third-order valence-electron chi connectivity index (χ3n) is 4.81. The zero-order valence-corrected chi connectivity index (χ0v) is 18.9. The van der Waals surface area contributed by atoms with Crippen LogP contribution in [-0.4, -0.2) is 14.3 Å². The SMILES string of the molecule is CC(C)c1ccc(C(C)NC(=O)Cc2ccc(NS(=O)(=O)c3cccs3)cc2)cc1. The summed E-state index contributed by atoms with van der Waals surface area (Å²) in [7, 11) is -3.57. The monoisotopic (exact) mass is 442 g/mol. The average molecular weight is 443 g/mol. The summed E-state index contributed by atoms with van der Waals surface area (Å²) in [5, 5.41) is 4.73. The van der Waals surface area contributed by atoms with Crippen molar-refractivity contribution in [1.29, 1.82) is 0 Å². The average Bonchev–Trinajstić information content (AvgIpc) is 3.25. The van der Waals surface area contributed by atoms with Gasteiger partial charge in [0.15, 0.2) is 0 Å². The number of rotatable bonds is 8. The first kappa shape index (κ1) is 22.1. The molecule has 3 rings (SSSR count). The van der Waals surface area contributed by atoms with E-state index in [1.54, 1.807) is 41.8 Å². The van der Waals surface area contributed by atoms with Crippen molar-refractivity contribution in [3.63, 3.8) is 0 Å². The highest BCUT2D eigenvalue weighted by molar-refractivity contribution is 7.94. The molecule has 0 spiro atoms. The van der Waals surface area contributed by atoms with E-state index in [1.807, 2.05) is 6.92 Å². The second-order valence-electron chi connectivity index (χ2n) is 7.52. The number of hydrogen-bond donors (Lipinski definition) is 2. The lowest BCUT2D eigenvalue weighted by Gasteiger charge is -2.16. The van der Waals surface area contributed by atoms with Gasteiger partial charge in [-0.05, 0) is 53.1 Å². The molecule has 0 saturated carbocycles. The number of sulfonamides is 1. The fourth-order valence-corrected chi connectivity index (χ4v) is 5.09. The summed E-state index contributed by atoms with van der Waals surface area (Å²) in [6.45, 7) is 6.27. The van der Waals surface area contributed by atoms with E-state index in [4.69, 9.17) is 0 Å². The van der Waals surface area contributed by atoms with Crippen LogP contribution in [0.4, 0.5) is 5.69 Å². The third kappa shape index (κ3) is 5.70. The molecule has 1 amide bonds. The molecular weight excluding hydrogens is 416 g/mol. The first-order chi connectivity index (χ1) is 14.2. The number of amides is 1. The zero-order valence-electron chi connectivity index (χ0n) is 17.3. The summed E-state index contributed by atoms with van der Waals surface area (Å²) in [4.78, 5) is 12.4. The fourth-order valence-electron chi connectivity index (χ4n) is 3.04. The predicted molar refractivity (Wildman–Crippen MR) is 122 cm³/mol. The van der Waals surface area contributed by atoms with E-state index in [-0.39, 0.29) is 22.6 Å². The Morgan fingerprint density at radius 2 is 1.57 bits per heavy atom. The molecule has 2 aromatic carbocycles. The molecule has 30 heavy (non-hydrogen) atoms. The van der Waals surface area contributed by atoms with E-state index >= 15 is 0 Å². The molecule has 5 nitrogen and oxygen atoms in total. The molecule has 0 aliphatic heterocycles. The molecule has 3 aromatic rings. The Balaban J connectivity index is 1.56. The van der Waals surface area contributed by atoms with E-state index in [9.17, 15) is 13.2 Å². The maximum Gasteiger partial charge on any atom is 0.271 e. The van der Waals surface area contributed by atoms with Crippen molar-refractivity contribution in [2.45, 2.75) is 43.4 Å². The van der Waals surface area contributed by atoms with E-state index in [0.29, 0.717) is 11.6 Å². The molecule has 158 valence electrons. The molecule has 0 bridgehead atoms. The Kier molecular flexibility index (Phi) is 6.95. The number of anilines is 1. The first-order valence-corrected chi connectivity index (χ1v) is 12.2. The lowest BCUT2D eigenvalue weighted by atomic mass is 9.99. The fraction of sp³-hybridized carbons (Fsp3) is 0.261. The number of carbonyl (C=O) groups excluding carboxylic acids is 1. The lowest BCUT2D eigenvalue weighted by molar-refractivity contribution is -0.121. The largest absolute Gasteiger partial charge is 0.349 e. The van der Waals surface area contributed by atoms with Gasteiger partial charge in [0.1, 0.15) is 4.21 Å². The van der Waals surface area contributed by atoms with Crippen molar-refractivity contribution in [2.24, 2.45) is 0 Å². The van der Waals surface area contributed by atoms with Gasteiger partial charge in [-0.25, -0.2) is 8.42 Å². The minimum absolute atomic E-state index is 0.0812. The zero-order chi connectivity index (χ0) is 21.7. The Morgan fingerprint density at radius 3 is 2.13 bits per heavy atom. The summed E-state index contributed by atoms with van der Waals surface area (Å²) in [6, 6.07) is 18.3. The predicted octanol–water partition coefficient (Wildman–Crippen LogP) is 5.09. The minimum atomic E-state index is -3.57. The molecule has 1 aromatic heterocycles. The van der Waals surface area contributed by atoms with Gasteiger partial charge in [-0.15, -0.1) is 11.3 Å². The third-order valence-corrected chi connectivity index (χ3v) is 7.59. The van der Waals surface area contributed by atoms with Crippen LogP contribution in [0.5, 0.6) is 0 Å². The van der Waals surface area contributed by atoms with Gasteiger partial charge in [0, 0.05) is 5.69 Å². The topological polar surface area (TPSA) is 75.3 Å². The number of hydrogen-bond acceptors (Lipinski definition) is 4. The van der Waals surface area contributed by atoms with Crippen molar-refractivity contribution >= 4 is 33.0 Å². The van der Waals surface area contributed by atoms with Gasteiger partial charge in [-0.2, -0.15) is 0 Å². The summed E-state index contributed by atoms with van der Waals surface area (Å²) < 4.78 is 27.4. The van der Waals surface area contributed by atoms with Crippen LogP contribution < -0.4 is 10.0 Å². The van der Waals surface area contributed by atoms with E-state index in [1.165, 1.54) is 5.56 Å². The lowest BCUT2D eigenvalue weighted by Crippen LogP contribution is -2.28. The van der Waals surface area contributed by atoms with Crippen molar-refractivity contribution in [2.75, 3.05) is 4.72 Å². The van der Waals surface area contributed by atoms with Gasteiger partial charge in [-0.1, -0.05) is 56.3 Å². The highest BCUT2D eigenvalue weighted by Gasteiger charge is 2.15. The Morgan fingerprint density at radius 1 is 0.933 bits per heavy atom. The van der Waals surface area contributed by atoms with E-state index < -0.39 is 10.0 Å². The van der Waals surface area contributed by atoms with Gasteiger partial charge in [0.2, 0.25) is 5.91 Å². The van der Waals surface area contributed by atoms with Crippen molar-refractivity contribution < 1.29 is 13.2 Å². The molecule has 0 aliphatic carbocycles. The van der Waals surface area contributed by atoms with Crippen LogP contribution in [0.3, 0.4) is 0 Å². The van der Waals surface area contributed by atoms with Crippen molar-refractivity contribution in [1.82, 2.24) is 5.32 Å². The summed E-state index contributed by atoms with van der Waals surface area (Å²) in [5.41, 5.74) is 3.61. The van der Waals surface area contributed by atoms with Crippen LogP contribution in [-0.2, 0) is 21.2 Å². The maximum atomic E-state index is 12.4. The molecular formula is C23H26N2O3S2. The second kappa shape index (κ2) is 9.45. The minimum Gasteiger partial charge on any atom is -0.349 e. The maximum absolute atomic E-state index is 12.4. The number of thiophene rings is 1. The Labute approximate surface area is 182 Å². The van der Waals surface area contributed by atoms with E-state index in [0.717, 1.165) is 22.5 Å². The first-order valence-electron chi connectivity index (χ1n) is 9.79. The van der Waals surface area contributed by atoms with Crippen molar-refractivity contribution in [3.05, 3.63) is 82.7 Å². The molecule has 0 radical (unpaired) electrons. The molecule has 1 atom stereocenters. The normalized spacial score (nSPS) is 12.5. The molecule has 2 N–H and O–H groups in total. The van der Waals surface area contributed by atoms with E-state index in [2.05, 4.69) is 48.2 Å². The summed E-state index contributed by atoms with van der Waals surface area (Å²) in [6.07, 6.45) is 0.229. The van der Waals surface area contributed by atoms with Crippen molar-refractivity contribution in [3.8, 4) is 0 Å². The van der Waals surface area contributed by atoms with Crippen LogP contribution in [0.15, 0.2) is 70.3 Å². The number of nitrogens with one attached hydrogen (secondary N) is 2. The molecule has 0 saturated heterocycles. The van der Waals surface area contributed by atoms with Gasteiger partial charge in [-0.3, -0.25) is 9.52 Å².